The van der Waals surface area contributed by atoms with Crippen molar-refractivity contribution < 1.29 is 9.53 Å². The third-order valence-corrected chi connectivity index (χ3v) is 4.80. The lowest BCUT2D eigenvalue weighted by Gasteiger charge is -2.37. The smallest absolute Gasteiger partial charge is 0.378 e. The van der Waals surface area contributed by atoms with Crippen molar-refractivity contribution in [2.45, 2.75) is 6.92 Å². The molecule has 0 amide bonds. The van der Waals surface area contributed by atoms with Crippen LogP contribution in [-0.2, 0) is 4.74 Å². The van der Waals surface area contributed by atoms with E-state index in [2.05, 4.69) is 30.9 Å². The van der Waals surface area contributed by atoms with Crippen molar-refractivity contribution in [3.8, 4) is 0 Å². The molecule has 1 aliphatic rings. The Morgan fingerprint density at radius 3 is 2.56 bits per heavy atom. The van der Waals surface area contributed by atoms with Crippen LogP contribution < -0.4 is 9.80 Å². The van der Waals surface area contributed by atoms with Crippen LogP contribution in [0, 0.1) is 6.92 Å². The zero-order valence-corrected chi connectivity index (χ0v) is 15.8. The summed E-state index contributed by atoms with van der Waals surface area (Å²) in [5.41, 5.74) is 1.94. The number of anilines is 2. The molecule has 1 fully saturated rings. The van der Waals surface area contributed by atoms with E-state index in [1.807, 2.05) is 31.2 Å². The second-order valence-corrected chi connectivity index (χ2v) is 6.78. The average molecular weight is 387 g/mol. The summed E-state index contributed by atoms with van der Waals surface area (Å²) in [7, 11) is 1.31. The molecule has 27 heavy (non-hydrogen) atoms. The van der Waals surface area contributed by atoms with E-state index >= 15 is 0 Å². The molecule has 0 N–H and O–H groups in total. The van der Waals surface area contributed by atoms with Gasteiger partial charge >= 0.3 is 5.97 Å². The highest BCUT2D eigenvalue weighted by Crippen LogP contribution is 2.23. The maximum Gasteiger partial charge on any atom is 0.378 e. The van der Waals surface area contributed by atoms with Crippen LogP contribution in [0.3, 0.4) is 0 Å². The Bertz CT molecular complexity index is 997. The lowest BCUT2D eigenvalue weighted by Crippen LogP contribution is -2.47. The number of aryl methyl sites for hydroxylation is 1. The number of carbonyl (C=O) groups is 1. The normalized spacial score (nSPS) is 14.6. The Morgan fingerprint density at radius 1 is 1.11 bits per heavy atom. The molecular weight excluding hydrogens is 368 g/mol. The van der Waals surface area contributed by atoms with Crippen LogP contribution in [0.5, 0.6) is 0 Å². The van der Waals surface area contributed by atoms with Gasteiger partial charge in [-0.2, -0.15) is 9.50 Å². The van der Waals surface area contributed by atoms with Gasteiger partial charge in [-0.05, 0) is 25.1 Å². The van der Waals surface area contributed by atoms with Crippen molar-refractivity contribution in [1.29, 1.82) is 0 Å². The van der Waals surface area contributed by atoms with Gasteiger partial charge in [0.1, 0.15) is 5.82 Å². The Labute approximate surface area is 161 Å². The van der Waals surface area contributed by atoms with Crippen LogP contribution in [0.1, 0.15) is 16.3 Å². The fraction of sp³-hybridized carbons (Fsp3) is 0.333. The molecule has 0 radical (unpaired) electrons. The summed E-state index contributed by atoms with van der Waals surface area (Å²) in [4.78, 5) is 24.8. The summed E-state index contributed by atoms with van der Waals surface area (Å²) in [6, 6.07) is 9.84. The van der Waals surface area contributed by atoms with Gasteiger partial charge in [0, 0.05) is 48.6 Å². The van der Waals surface area contributed by atoms with Crippen molar-refractivity contribution in [3.63, 3.8) is 0 Å². The van der Waals surface area contributed by atoms with Gasteiger partial charge in [-0.3, -0.25) is 0 Å². The molecule has 140 valence electrons. The molecule has 1 aliphatic heterocycles. The van der Waals surface area contributed by atoms with Crippen LogP contribution in [0.15, 0.2) is 30.3 Å². The lowest BCUT2D eigenvalue weighted by atomic mass is 10.2. The maximum absolute atomic E-state index is 11.8. The monoisotopic (exact) mass is 386 g/mol. The first-order valence-electron chi connectivity index (χ1n) is 8.63. The molecule has 0 saturated carbocycles. The number of rotatable bonds is 3. The third kappa shape index (κ3) is 3.40. The molecule has 0 bridgehead atoms. The van der Waals surface area contributed by atoms with Gasteiger partial charge in [0.15, 0.2) is 0 Å². The van der Waals surface area contributed by atoms with Crippen LogP contribution in [-0.4, -0.2) is 58.8 Å². The van der Waals surface area contributed by atoms with Crippen LogP contribution >= 0.6 is 11.6 Å². The molecule has 0 aliphatic carbocycles. The van der Waals surface area contributed by atoms with E-state index in [0.29, 0.717) is 5.78 Å². The number of methoxy groups -OCH3 is 1. The van der Waals surface area contributed by atoms with Gasteiger partial charge in [-0.1, -0.05) is 17.7 Å². The Hall–Kier alpha value is -2.87. The number of carbonyl (C=O) groups excluding carboxylic acids is 1. The van der Waals surface area contributed by atoms with E-state index in [9.17, 15) is 4.79 Å². The molecule has 4 rings (SSSR count). The molecule has 1 aromatic carbocycles. The molecule has 0 spiro atoms. The standard InChI is InChI=1S/C18H19ClN6O2/c1-12-10-15(25-18(20-12)21-16(22-25)17(26)27-2)24-8-6-23(7-9-24)14-5-3-4-13(19)11-14/h3-5,10-11H,6-9H2,1-2H3. The first kappa shape index (κ1) is 17.5. The van der Waals surface area contributed by atoms with Crippen molar-refractivity contribution in [2.24, 2.45) is 0 Å². The topological polar surface area (TPSA) is 75.9 Å². The number of aromatic nitrogens is 4. The number of hydrogen-bond donors (Lipinski definition) is 0. The van der Waals surface area contributed by atoms with E-state index < -0.39 is 5.97 Å². The minimum atomic E-state index is -0.574. The van der Waals surface area contributed by atoms with Crippen molar-refractivity contribution in [3.05, 3.63) is 46.9 Å². The number of hydrogen-bond acceptors (Lipinski definition) is 7. The number of benzene rings is 1. The summed E-state index contributed by atoms with van der Waals surface area (Å²) < 4.78 is 6.32. The highest BCUT2D eigenvalue weighted by atomic mass is 35.5. The summed E-state index contributed by atoms with van der Waals surface area (Å²) in [5.74, 6) is 0.692. The Kier molecular flexibility index (Phi) is 4.57. The number of fused-ring (bicyclic) bond motifs is 1. The summed E-state index contributed by atoms with van der Waals surface area (Å²) in [5, 5.41) is 5.02. The number of esters is 1. The predicted octanol–water partition coefficient (Wildman–Crippen LogP) is 2.20. The van der Waals surface area contributed by atoms with Crippen molar-refractivity contribution >= 4 is 34.9 Å². The van der Waals surface area contributed by atoms with Gasteiger partial charge in [-0.25, -0.2) is 9.78 Å². The lowest BCUT2D eigenvalue weighted by molar-refractivity contribution is 0.0587. The van der Waals surface area contributed by atoms with Crippen molar-refractivity contribution in [1.82, 2.24) is 19.6 Å². The van der Waals surface area contributed by atoms with E-state index in [-0.39, 0.29) is 5.82 Å². The quantitative estimate of drug-likeness (QED) is 0.638. The molecule has 3 heterocycles. The number of ether oxygens (including phenoxy) is 1. The fourth-order valence-corrected chi connectivity index (χ4v) is 3.42. The zero-order valence-electron chi connectivity index (χ0n) is 15.1. The average Bonchev–Trinajstić information content (AvgIpc) is 3.11. The highest BCUT2D eigenvalue weighted by molar-refractivity contribution is 6.30. The Morgan fingerprint density at radius 2 is 1.85 bits per heavy atom. The second kappa shape index (κ2) is 7.03. The van der Waals surface area contributed by atoms with Crippen LogP contribution in [0.25, 0.3) is 5.78 Å². The van der Waals surface area contributed by atoms with E-state index in [0.717, 1.165) is 48.4 Å². The van der Waals surface area contributed by atoms with Gasteiger partial charge in [0.2, 0.25) is 0 Å². The first-order chi connectivity index (χ1) is 13.0. The fourth-order valence-electron chi connectivity index (χ4n) is 3.24. The van der Waals surface area contributed by atoms with Gasteiger partial charge in [-0.15, -0.1) is 5.10 Å². The maximum atomic E-state index is 11.8. The molecule has 8 nitrogen and oxygen atoms in total. The summed E-state index contributed by atoms with van der Waals surface area (Å²) >= 11 is 6.11. The molecule has 0 atom stereocenters. The SMILES string of the molecule is COC(=O)c1nc2nc(C)cc(N3CCN(c4cccc(Cl)c4)CC3)n2n1. The van der Waals surface area contributed by atoms with Crippen molar-refractivity contribution in [2.75, 3.05) is 43.1 Å². The molecule has 9 heteroatoms. The van der Waals surface area contributed by atoms with E-state index in [1.54, 1.807) is 4.52 Å². The minimum Gasteiger partial charge on any atom is -0.463 e. The minimum absolute atomic E-state index is 0.00872. The van der Waals surface area contributed by atoms with Gasteiger partial charge in [0.25, 0.3) is 11.6 Å². The number of halogens is 1. The third-order valence-electron chi connectivity index (χ3n) is 4.57. The number of nitrogens with zero attached hydrogens (tertiary/aromatic N) is 6. The molecule has 1 saturated heterocycles. The second-order valence-electron chi connectivity index (χ2n) is 6.35. The van der Waals surface area contributed by atoms with E-state index in [4.69, 9.17) is 16.3 Å². The van der Waals surface area contributed by atoms with E-state index in [1.165, 1.54) is 7.11 Å². The van der Waals surface area contributed by atoms with Gasteiger partial charge in [0.05, 0.1) is 7.11 Å². The van der Waals surface area contributed by atoms with Gasteiger partial charge < -0.3 is 14.5 Å². The number of piperazine rings is 1. The molecular formula is C18H19ClN6O2. The van der Waals surface area contributed by atoms with Crippen LogP contribution in [0.4, 0.5) is 11.5 Å². The van der Waals surface area contributed by atoms with Crippen LogP contribution in [0.2, 0.25) is 5.02 Å². The largest absolute Gasteiger partial charge is 0.463 e. The molecule has 0 unspecified atom stereocenters. The molecule has 3 aromatic rings. The first-order valence-corrected chi connectivity index (χ1v) is 9.01. The predicted molar refractivity (Wildman–Crippen MR) is 103 cm³/mol. The highest BCUT2D eigenvalue weighted by Gasteiger charge is 2.23. The summed E-state index contributed by atoms with van der Waals surface area (Å²) in [6.07, 6.45) is 0. The Balaban J connectivity index is 1.60. The molecule has 2 aromatic heterocycles. The zero-order chi connectivity index (χ0) is 19.0. The summed E-state index contributed by atoms with van der Waals surface area (Å²) in [6.45, 7) is 5.21.